The summed E-state index contributed by atoms with van der Waals surface area (Å²) in [6, 6.07) is 5.82. The summed E-state index contributed by atoms with van der Waals surface area (Å²) in [4.78, 5) is 11.8. The Bertz CT molecular complexity index is 457. The third-order valence-corrected chi connectivity index (χ3v) is 2.93. The molecule has 4 heteroatoms. The summed E-state index contributed by atoms with van der Waals surface area (Å²) < 4.78 is 0. The van der Waals surface area contributed by atoms with Crippen molar-refractivity contribution < 1.29 is 4.79 Å². The minimum Gasteiger partial charge on any atom is -0.347 e. The fraction of sp³-hybridized carbons (Fsp3) is 0.308. The van der Waals surface area contributed by atoms with Gasteiger partial charge in [0.05, 0.1) is 6.54 Å². The van der Waals surface area contributed by atoms with Gasteiger partial charge < -0.3 is 10.6 Å². The highest BCUT2D eigenvalue weighted by Gasteiger charge is 2.12. The Labute approximate surface area is 106 Å². The molecule has 1 aromatic rings. The monoisotopic (exact) mass is 250 g/mol. The first kappa shape index (κ1) is 12.1. The van der Waals surface area contributed by atoms with E-state index in [4.69, 9.17) is 11.6 Å². The van der Waals surface area contributed by atoms with Crippen molar-refractivity contribution in [1.82, 2.24) is 10.6 Å². The Balaban J connectivity index is 2.11. The summed E-state index contributed by atoms with van der Waals surface area (Å²) in [7, 11) is 0. The van der Waals surface area contributed by atoms with Gasteiger partial charge in [0, 0.05) is 17.1 Å². The summed E-state index contributed by atoms with van der Waals surface area (Å²) in [6.45, 7) is 5.67. The third kappa shape index (κ3) is 3.08. The van der Waals surface area contributed by atoms with Gasteiger partial charge in [-0.2, -0.15) is 0 Å². The van der Waals surface area contributed by atoms with Crippen LogP contribution in [-0.2, 0) is 13.0 Å². The van der Waals surface area contributed by atoms with E-state index in [0.717, 1.165) is 19.5 Å². The average molecular weight is 251 g/mol. The van der Waals surface area contributed by atoms with E-state index >= 15 is 0 Å². The van der Waals surface area contributed by atoms with Crippen molar-refractivity contribution in [2.24, 2.45) is 0 Å². The molecule has 17 heavy (non-hydrogen) atoms. The van der Waals surface area contributed by atoms with Crippen LogP contribution < -0.4 is 10.6 Å². The molecular weight excluding hydrogens is 236 g/mol. The van der Waals surface area contributed by atoms with Crippen LogP contribution in [0.5, 0.6) is 0 Å². The summed E-state index contributed by atoms with van der Waals surface area (Å²) >= 11 is 5.61. The molecule has 2 rings (SSSR count). The van der Waals surface area contributed by atoms with Gasteiger partial charge in [-0.3, -0.25) is 4.79 Å². The molecule has 2 N–H and O–H groups in total. The van der Waals surface area contributed by atoms with Gasteiger partial charge in [0.1, 0.15) is 0 Å². The number of rotatable bonds is 3. The molecule has 0 bridgehead atoms. The molecule has 0 radical (unpaired) electrons. The van der Waals surface area contributed by atoms with Crippen molar-refractivity contribution in [3.63, 3.8) is 0 Å². The molecule has 1 aliphatic heterocycles. The molecule has 1 amide bonds. The minimum atomic E-state index is -0.111. The summed E-state index contributed by atoms with van der Waals surface area (Å²) in [5.74, 6) is -0.111. The lowest BCUT2D eigenvalue weighted by molar-refractivity contribution is 0.0957. The van der Waals surface area contributed by atoms with Crippen molar-refractivity contribution in [2.75, 3.05) is 13.1 Å². The second kappa shape index (κ2) is 5.34. The maximum absolute atomic E-state index is 11.8. The van der Waals surface area contributed by atoms with Gasteiger partial charge in [0.2, 0.25) is 0 Å². The first-order valence-corrected chi connectivity index (χ1v) is 5.98. The van der Waals surface area contributed by atoms with E-state index < -0.39 is 0 Å². The van der Waals surface area contributed by atoms with Gasteiger partial charge in [-0.15, -0.1) is 0 Å². The van der Waals surface area contributed by atoms with Gasteiger partial charge in [0.15, 0.2) is 0 Å². The molecule has 90 valence electrons. The Hall–Kier alpha value is -1.32. The number of halogens is 1. The second-order valence-corrected chi connectivity index (χ2v) is 4.64. The highest BCUT2D eigenvalue weighted by atomic mass is 35.5. The number of benzene rings is 1. The topological polar surface area (TPSA) is 41.1 Å². The number of nitrogens with one attached hydrogen (secondary N) is 2. The first-order chi connectivity index (χ1) is 8.16. The van der Waals surface area contributed by atoms with Crippen LogP contribution in [0.15, 0.2) is 29.8 Å². The van der Waals surface area contributed by atoms with E-state index in [1.807, 2.05) is 18.2 Å². The maximum atomic E-state index is 11.8. The highest BCUT2D eigenvalue weighted by molar-refractivity contribution is 6.29. The first-order valence-electron chi connectivity index (χ1n) is 5.61. The average Bonchev–Trinajstić information content (AvgIpc) is 2.35. The van der Waals surface area contributed by atoms with Crippen LogP contribution in [0, 0.1) is 0 Å². The van der Waals surface area contributed by atoms with E-state index in [1.165, 1.54) is 11.1 Å². The van der Waals surface area contributed by atoms with Gasteiger partial charge in [0.25, 0.3) is 5.91 Å². The molecule has 0 fully saturated rings. The predicted molar refractivity (Wildman–Crippen MR) is 69.2 cm³/mol. The summed E-state index contributed by atoms with van der Waals surface area (Å²) in [6.07, 6.45) is 1.02. The molecule has 0 unspecified atom stereocenters. The molecule has 0 saturated carbocycles. The Morgan fingerprint density at radius 2 is 2.29 bits per heavy atom. The van der Waals surface area contributed by atoms with Crippen molar-refractivity contribution in [3.8, 4) is 0 Å². The number of hydrogen-bond acceptors (Lipinski definition) is 2. The SMILES string of the molecule is C=C(Cl)CNC(=O)c1ccc2c(c1)CNCC2. The van der Waals surface area contributed by atoms with Crippen LogP contribution in [0.25, 0.3) is 0 Å². The van der Waals surface area contributed by atoms with E-state index in [0.29, 0.717) is 17.1 Å². The van der Waals surface area contributed by atoms with Gasteiger partial charge in [-0.25, -0.2) is 0 Å². The van der Waals surface area contributed by atoms with Crippen LogP contribution in [0.2, 0.25) is 0 Å². The normalized spacial score (nSPS) is 13.9. The summed E-state index contributed by atoms with van der Waals surface area (Å²) in [5.41, 5.74) is 3.20. The fourth-order valence-corrected chi connectivity index (χ4v) is 1.97. The molecule has 0 aliphatic carbocycles. The van der Waals surface area contributed by atoms with Crippen molar-refractivity contribution in [3.05, 3.63) is 46.5 Å². The Kier molecular flexibility index (Phi) is 3.82. The molecule has 0 aromatic heterocycles. The highest BCUT2D eigenvalue weighted by Crippen LogP contribution is 2.15. The fourth-order valence-electron chi connectivity index (χ4n) is 1.90. The van der Waals surface area contributed by atoms with Crippen LogP contribution in [0.1, 0.15) is 21.5 Å². The molecule has 0 saturated heterocycles. The van der Waals surface area contributed by atoms with Gasteiger partial charge in [-0.1, -0.05) is 24.2 Å². The molecular formula is C13H15ClN2O. The smallest absolute Gasteiger partial charge is 0.251 e. The standard InChI is InChI=1S/C13H15ClN2O/c1-9(14)7-16-13(17)11-3-2-10-4-5-15-8-12(10)6-11/h2-3,6,15H,1,4-5,7-8H2,(H,16,17). The zero-order valence-corrected chi connectivity index (χ0v) is 10.3. The lowest BCUT2D eigenvalue weighted by atomic mass is 9.98. The zero-order chi connectivity index (χ0) is 12.3. The quantitative estimate of drug-likeness (QED) is 0.859. The molecule has 1 heterocycles. The minimum absolute atomic E-state index is 0.111. The van der Waals surface area contributed by atoms with Crippen molar-refractivity contribution in [1.29, 1.82) is 0 Å². The number of carbonyl (C=O) groups is 1. The van der Waals surface area contributed by atoms with Crippen molar-refractivity contribution >= 4 is 17.5 Å². The lowest BCUT2D eigenvalue weighted by Gasteiger charge is -2.17. The zero-order valence-electron chi connectivity index (χ0n) is 9.55. The van der Waals surface area contributed by atoms with Gasteiger partial charge in [-0.05, 0) is 36.2 Å². The van der Waals surface area contributed by atoms with E-state index in [1.54, 1.807) is 0 Å². The number of fused-ring (bicyclic) bond motifs is 1. The van der Waals surface area contributed by atoms with Gasteiger partial charge >= 0.3 is 0 Å². The van der Waals surface area contributed by atoms with Crippen molar-refractivity contribution in [2.45, 2.75) is 13.0 Å². The Morgan fingerprint density at radius 3 is 3.06 bits per heavy atom. The van der Waals surface area contributed by atoms with Crippen LogP contribution >= 0.6 is 11.6 Å². The number of carbonyl (C=O) groups excluding carboxylic acids is 1. The van der Waals surface area contributed by atoms with Crippen LogP contribution in [-0.4, -0.2) is 19.0 Å². The number of hydrogen-bond donors (Lipinski definition) is 2. The van der Waals surface area contributed by atoms with Crippen LogP contribution in [0.3, 0.4) is 0 Å². The van der Waals surface area contributed by atoms with E-state index in [9.17, 15) is 4.79 Å². The molecule has 1 aliphatic rings. The second-order valence-electron chi connectivity index (χ2n) is 4.11. The molecule has 1 aromatic carbocycles. The predicted octanol–water partition coefficient (Wildman–Crippen LogP) is 1.81. The largest absolute Gasteiger partial charge is 0.347 e. The van der Waals surface area contributed by atoms with E-state index in [2.05, 4.69) is 17.2 Å². The maximum Gasteiger partial charge on any atom is 0.251 e. The van der Waals surface area contributed by atoms with Crippen LogP contribution in [0.4, 0.5) is 0 Å². The number of amides is 1. The third-order valence-electron chi connectivity index (χ3n) is 2.80. The Morgan fingerprint density at radius 1 is 1.47 bits per heavy atom. The lowest BCUT2D eigenvalue weighted by Crippen LogP contribution is -2.27. The molecule has 0 atom stereocenters. The summed E-state index contributed by atoms with van der Waals surface area (Å²) in [5, 5.41) is 6.43. The molecule has 3 nitrogen and oxygen atoms in total. The van der Waals surface area contributed by atoms with E-state index in [-0.39, 0.29) is 5.91 Å². The molecule has 0 spiro atoms.